The molecule has 6 heteroatoms. The van der Waals surface area contributed by atoms with Crippen molar-refractivity contribution in [2.75, 3.05) is 19.0 Å². The first-order chi connectivity index (χ1) is 10.6. The fraction of sp³-hybridized carbons (Fsp3) is 0.250. The second-order valence-electron chi connectivity index (χ2n) is 4.47. The number of esters is 1. The third kappa shape index (κ3) is 3.94. The molecule has 0 amide bonds. The van der Waals surface area contributed by atoms with Crippen LogP contribution in [-0.4, -0.2) is 24.7 Å². The Balaban J connectivity index is 2.04. The van der Waals surface area contributed by atoms with Crippen molar-refractivity contribution in [3.8, 4) is 5.75 Å². The van der Waals surface area contributed by atoms with E-state index in [1.54, 1.807) is 31.2 Å². The van der Waals surface area contributed by atoms with E-state index in [1.165, 1.54) is 19.4 Å². The molecule has 1 aromatic heterocycles. The Kier molecular flexibility index (Phi) is 5.30. The first-order valence-corrected chi connectivity index (χ1v) is 6.83. The van der Waals surface area contributed by atoms with E-state index < -0.39 is 11.8 Å². The number of rotatable bonds is 6. The van der Waals surface area contributed by atoms with Crippen LogP contribution in [-0.2, 0) is 11.3 Å². The molecule has 0 unspecified atom stereocenters. The average molecular weight is 304 g/mol. The minimum atomic E-state index is -0.471. The fourth-order valence-electron chi connectivity index (χ4n) is 1.88. The van der Waals surface area contributed by atoms with E-state index in [-0.39, 0.29) is 11.4 Å². The summed E-state index contributed by atoms with van der Waals surface area (Å²) in [4.78, 5) is 15.6. The maximum Gasteiger partial charge on any atom is 0.356 e. The molecule has 5 nitrogen and oxygen atoms in total. The van der Waals surface area contributed by atoms with E-state index in [0.29, 0.717) is 18.8 Å². The molecule has 2 rings (SSSR count). The summed E-state index contributed by atoms with van der Waals surface area (Å²) in [5.41, 5.74) is 1.69. The lowest BCUT2D eigenvalue weighted by Gasteiger charge is -2.09. The Morgan fingerprint density at radius 1 is 1.32 bits per heavy atom. The standard InChI is InChI=1S/C16H17FN2O3/c1-3-22-16(20)14-9-12(6-7-18-14)19-10-11-4-5-15(21-2)13(17)8-11/h4-9H,3,10H2,1-2H3,(H,18,19). The number of aromatic nitrogens is 1. The molecule has 0 fully saturated rings. The van der Waals surface area contributed by atoms with Crippen molar-refractivity contribution in [2.45, 2.75) is 13.5 Å². The molecule has 0 aliphatic carbocycles. The number of nitrogens with zero attached hydrogens (tertiary/aromatic N) is 1. The van der Waals surface area contributed by atoms with Gasteiger partial charge in [0.1, 0.15) is 5.69 Å². The average Bonchev–Trinajstić information content (AvgIpc) is 2.53. The zero-order valence-corrected chi connectivity index (χ0v) is 12.4. The number of halogens is 1. The second-order valence-corrected chi connectivity index (χ2v) is 4.47. The number of carbonyl (C=O) groups is 1. The van der Waals surface area contributed by atoms with E-state index >= 15 is 0 Å². The normalized spacial score (nSPS) is 10.1. The number of pyridine rings is 1. The van der Waals surface area contributed by atoms with Gasteiger partial charge in [0.15, 0.2) is 11.6 Å². The van der Waals surface area contributed by atoms with E-state index in [4.69, 9.17) is 9.47 Å². The van der Waals surface area contributed by atoms with Gasteiger partial charge < -0.3 is 14.8 Å². The molecule has 1 aromatic carbocycles. The van der Waals surface area contributed by atoms with Crippen molar-refractivity contribution in [1.82, 2.24) is 4.98 Å². The van der Waals surface area contributed by atoms with E-state index in [0.717, 1.165) is 5.56 Å². The number of nitrogens with one attached hydrogen (secondary N) is 1. The molecule has 0 aliphatic rings. The van der Waals surface area contributed by atoms with Gasteiger partial charge in [-0.25, -0.2) is 14.2 Å². The Bertz CT molecular complexity index is 662. The van der Waals surface area contributed by atoms with Crippen molar-refractivity contribution in [3.63, 3.8) is 0 Å². The molecule has 1 heterocycles. The minimum absolute atomic E-state index is 0.206. The molecule has 0 spiro atoms. The van der Waals surface area contributed by atoms with Crippen molar-refractivity contribution < 1.29 is 18.7 Å². The Labute approximate surface area is 128 Å². The Hall–Kier alpha value is -2.63. The lowest BCUT2D eigenvalue weighted by Crippen LogP contribution is -2.08. The summed E-state index contributed by atoms with van der Waals surface area (Å²) in [6.07, 6.45) is 1.52. The molecule has 0 bridgehead atoms. The lowest BCUT2D eigenvalue weighted by atomic mass is 10.2. The van der Waals surface area contributed by atoms with Gasteiger partial charge >= 0.3 is 5.97 Å². The maximum atomic E-state index is 13.6. The Morgan fingerprint density at radius 2 is 2.14 bits per heavy atom. The minimum Gasteiger partial charge on any atom is -0.494 e. The molecule has 0 saturated carbocycles. The monoisotopic (exact) mass is 304 g/mol. The van der Waals surface area contributed by atoms with Gasteiger partial charge in [-0.15, -0.1) is 0 Å². The lowest BCUT2D eigenvalue weighted by molar-refractivity contribution is 0.0519. The number of hydrogen-bond donors (Lipinski definition) is 1. The summed E-state index contributed by atoms with van der Waals surface area (Å²) in [6.45, 7) is 2.44. The maximum absolute atomic E-state index is 13.6. The van der Waals surface area contributed by atoms with Crippen LogP contribution in [0, 0.1) is 5.82 Å². The first-order valence-electron chi connectivity index (χ1n) is 6.83. The molecule has 22 heavy (non-hydrogen) atoms. The van der Waals surface area contributed by atoms with Crippen molar-refractivity contribution >= 4 is 11.7 Å². The second kappa shape index (κ2) is 7.40. The highest BCUT2D eigenvalue weighted by Crippen LogP contribution is 2.18. The van der Waals surface area contributed by atoms with Crippen LogP contribution in [0.5, 0.6) is 5.75 Å². The number of hydrogen-bond acceptors (Lipinski definition) is 5. The summed E-state index contributed by atoms with van der Waals surface area (Å²) in [5, 5.41) is 3.11. The van der Waals surface area contributed by atoms with Crippen molar-refractivity contribution in [1.29, 1.82) is 0 Å². The van der Waals surface area contributed by atoms with Crippen LogP contribution in [0.15, 0.2) is 36.5 Å². The number of carbonyl (C=O) groups excluding carboxylic acids is 1. The molecule has 0 radical (unpaired) electrons. The topological polar surface area (TPSA) is 60.5 Å². The van der Waals surface area contributed by atoms with Gasteiger partial charge in [0, 0.05) is 18.4 Å². The molecular formula is C16H17FN2O3. The number of benzene rings is 1. The molecule has 0 aliphatic heterocycles. The summed E-state index contributed by atoms with van der Waals surface area (Å²) < 4.78 is 23.4. The SMILES string of the molecule is CCOC(=O)c1cc(NCc2ccc(OC)c(F)c2)ccn1. The van der Waals surface area contributed by atoms with Crippen LogP contribution >= 0.6 is 0 Å². The van der Waals surface area contributed by atoms with Crippen molar-refractivity contribution in [3.05, 3.63) is 53.6 Å². The van der Waals surface area contributed by atoms with Gasteiger partial charge in [-0.2, -0.15) is 0 Å². The third-order valence-corrected chi connectivity index (χ3v) is 2.96. The number of ether oxygens (including phenoxy) is 2. The van der Waals surface area contributed by atoms with E-state index in [9.17, 15) is 9.18 Å². The third-order valence-electron chi connectivity index (χ3n) is 2.96. The molecule has 2 aromatic rings. The zero-order chi connectivity index (χ0) is 15.9. The Morgan fingerprint density at radius 3 is 2.82 bits per heavy atom. The van der Waals surface area contributed by atoms with Gasteiger partial charge in [-0.1, -0.05) is 6.07 Å². The van der Waals surface area contributed by atoms with Gasteiger partial charge in [-0.05, 0) is 36.8 Å². The first kappa shape index (κ1) is 15.8. The van der Waals surface area contributed by atoms with Gasteiger partial charge in [0.2, 0.25) is 0 Å². The summed E-state index contributed by atoms with van der Waals surface area (Å²) in [5.74, 6) is -0.678. The van der Waals surface area contributed by atoms with Crippen molar-refractivity contribution in [2.24, 2.45) is 0 Å². The molecule has 1 N–H and O–H groups in total. The van der Waals surface area contributed by atoms with E-state index in [1.807, 2.05) is 0 Å². The summed E-state index contributed by atoms with van der Waals surface area (Å²) in [6, 6.07) is 8.06. The number of methoxy groups -OCH3 is 1. The van der Waals surface area contributed by atoms with Gasteiger partial charge in [0.05, 0.1) is 13.7 Å². The van der Waals surface area contributed by atoms with Crippen LogP contribution in [0.25, 0.3) is 0 Å². The predicted molar refractivity (Wildman–Crippen MR) is 80.5 cm³/mol. The highest BCUT2D eigenvalue weighted by atomic mass is 19.1. The molecule has 0 saturated heterocycles. The fourth-order valence-corrected chi connectivity index (χ4v) is 1.88. The van der Waals surface area contributed by atoms with Gasteiger partial charge in [0.25, 0.3) is 0 Å². The molecule has 116 valence electrons. The largest absolute Gasteiger partial charge is 0.494 e. The van der Waals surface area contributed by atoms with Crippen LogP contribution in [0.1, 0.15) is 23.0 Å². The zero-order valence-electron chi connectivity index (χ0n) is 12.4. The highest BCUT2D eigenvalue weighted by Gasteiger charge is 2.09. The van der Waals surface area contributed by atoms with Gasteiger partial charge in [-0.3, -0.25) is 0 Å². The van der Waals surface area contributed by atoms with E-state index in [2.05, 4.69) is 10.3 Å². The van der Waals surface area contributed by atoms with Crippen LogP contribution < -0.4 is 10.1 Å². The summed E-state index contributed by atoms with van der Waals surface area (Å²) >= 11 is 0. The molecular weight excluding hydrogens is 287 g/mol. The van der Waals surface area contributed by atoms with Crippen LogP contribution in [0.2, 0.25) is 0 Å². The predicted octanol–water partition coefficient (Wildman–Crippen LogP) is 3.02. The molecule has 0 atom stereocenters. The quantitative estimate of drug-likeness (QED) is 0.831. The number of anilines is 1. The smallest absolute Gasteiger partial charge is 0.356 e. The highest BCUT2D eigenvalue weighted by molar-refractivity contribution is 5.88. The van der Waals surface area contributed by atoms with Crippen LogP contribution in [0.3, 0.4) is 0 Å². The van der Waals surface area contributed by atoms with Crippen LogP contribution in [0.4, 0.5) is 10.1 Å². The summed E-state index contributed by atoms with van der Waals surface area (Å²) in [7, 11) is 1.42.